The van der Waals surface area contributed by atoms with E-state index < -0.39 is 0 Å². The van der Waals surface area contributed by atoms with E-state index in [9.17, 15) is 0 Å². The highest BCUT2D eigenvalue weighted by Crippen LogP contribution is 2.30. The smallest absolute Gasteiger partial charge is 0.0644 e. The van der Waals surface area contributed by atoms with Gasteiger partial charge in [0, 0.05) is 37.6 Å². The molecule has 1 aromatic rings. The van der Waals surface area contributed by atoms with Crippen LogP contribution >= 0.6 is 0 Å². The molecule has 2 heterocycles. The van der Waals surface area contributed by atoms with E-state index in [0.717, 1.165) is 31.4 Å². The van der Waals surface area contributed by atoms with Crippen molar-refractivity contribution in [3.8, 4) is 0 Å². The highest BCUT2D eigenvalue weighted by molar-refractivity contribution is 5.28. The molecule has 1 saturated heterocycles. The van der Waals surface area contributed by atoms with Crippen LogP contribution in [-0.4, -0.2) is 29.5 Å². The minimum Gasteiger partial charge on any atom is -0.381 e. The summed E-state index contributed by atoms with van der Waals surface area (Å²) in [6, 6.07) is 0.432. The molecule has 1 aliphatic heterocycles. The van der Waals surface area contributed by atoms with Gasteiger partial charge in [-0.15, -0.1) is 0 Å². The molecule has 0 amide bonds. The quantitative estimate of drug-likeness (QED) is 0.889. The first-order valence-electron chi connectivity index (χ1n) is 7.44. The van der Waals surface area contributed by atoms with E-state index >= 15 is 0 Å². The molecular weight excluding hydrogens is 238 g/mol. The molecule has 0 bridgehead atoms. The van der Waals surface area contributed by atoms with E-state index in [1.54, 1.807) is 0 Å². The second-order valence-corrected chi connectivity index (χ2v) is 5.61. The number of nitrogens with one attached hydrogen (secondary N) is 1. The van der Waals surface area contributed by atoms with Crippen LogP contribution < -0.4 is 5.32 Å². The van der Waals surface area contributed by atoms with Gasteiger partial charge in [0.25, 0.3) is 0 Å². The fourth-order valence-electron chi connectivity index (χ4n) is 3.16. The molecule has 1 fully saturated rings. The molecule has 4 heteroatoms. The molecule has 0 aliphatic carbocycles. The van der Waals surface area contributed by atoms with Crippen molar-refractivity contribution in [2.45, 2.75) is 46.1 Å². The number of rotatable bonds is 5. The van der Waals surface area contributed by atoms with Crippen molar-refractivity contribution in [2.24, 2.45) is 13.0 Å². The van der Waals surface area contributed by atoms with E-state index in [-0.39, 0.29) is 0 Å². The van der Waals surface area contributed by atoms with E-state index in [0.29, 0.717) is 6.04 Å². The van der Waals surface area contributed by atoms with Gasteiger partial charge in [-0.2, -0.15) is 5.10 Å². The van der Waals surface area contributed by atoms with Crippen molar-refractivity contribution >= 4 is 0 Å². The van der Waals surface area contributed by atoms with Gasteiger partial charge in [0.2, 0.25) is 0 Å². The number of hydrogen-bond donors (Lipinski definition) is 1. The zero-order valence-corrected chi connectivity index (χ0v) is 12.7. The highest BCUT2D eigenvalue weighted by atomic mass is 16.5. The van der Waals surface area contributed by atoms with Gasteiger partial charge < -0.3 is 10.1 Å². The molecule has 0 spiro atoms. The Morgan fingerprint density at radius 3 is 2.58 bits per heavy atom. The molecule has 0 radical (unpaired) electrons. The lowest BCUT2D eigenvalue weighted by molar-refractivity contribution is 0.0605. The molecule has 1 unspecified atom stereocenters. The van der Waals surface area contributed by atoms with E-state index in [2.05, 4.69) is 31.2 Å². The van der Waals surface area contributed by atoms with Crippen LogP contribution in [0.1, 0.15) is 49.2 Å². The Morgan fingerprint density at radius 2 is 2.05 bits per heavy atom. The third kappa shape index (κ3) is 3.37. The van der Waals surface area contributed by atoms with Gasteiger partial charge in [0.05, 0.1) is 5.69 Å². The monoisotopic (exact) mass is 265 g/mol. The summed E-state index contributed by atoms with van der Waals surface area (Å²) >= 11 is 0. The van der Waals surface area contributed by atoms with E-state index in [4.69, 9.17) is 4.74 Å². The lowest BCUT2D eigenvalue weighted by Crippen LogP contribution is -2.27. The fraction of sp³-hybridized carbons (Fsp3) is 0.800. The summed E-state index contributed by atoms with van der Waals surface area (Å²) in [5.41, 5.74) is 3.85. The Hall–Kier alpha value is -0.870. The third-order valence-electron chi connectivity index (χ3n) is 4.27. The summed E-state index contributed by atoms with van der Waals surface area (Å²) in [5.74, 6) is 0.775. The summed E-state index contributed by atoms with van der Waals surface area (Å²) in [5, 5.41) is 8.21. The predicted octanol–water partition coefficient (Wildman–Crippen LogP) is 2.50. The SMILES string of the molecule is CCNC(CC1CCOCC1)c1c(C)nn(C)c1C. The maximum atomic E-state index is 5.46. The van der Waals surface area contributed by atoms with Gasteiger partial charge in [0.1, 0.15) is 0 Å². The number of aromatic nitrogens is 2. The summed E-state index contributed by atoms with van der Waals surface area (Å²) in [4.78, 5) is 0. The average molecular weight is 265 g/mol. The summed E-state index contributed by atoms with van der Waals surface area (Å²) in [7, 11) is 2.03. The second kappa shape index (κ2) is 6.53. The first kappa shape index (κ1) is 14.5. The zero-order chi connectivity index (χ0) is 13.8. The Bertz CT molecular complexity index is 408. The summed E-state index contributed by atoms with van der Waals surface area (Å²) in [6.45, 7) is 9.32. The molecule has 108 valence electrons. The lowest BCUT2D eigenvalue weighted by Gasteiger charge is -2.27. The zero-order valence-electron chi connectivity index (χ0n) is 12.7. The van der Waals surface area contributed by atoms with Crippen LogP contribution in [0, 0.1) is 19.8 Å². The Morgan fingerprint density at radius 1 is 1.37 bits per heavy atom. The first-order chi connectivity index (χ1) is 9.13. The van der Waals surface area contributed by atoms with Gasteiger partial charge in [-0.25, -0.2) is 0 Å². The topological polar surface area (TPSA) is 39.1 Å². The van der Waals surface area contributed by atoms with Crippen LogP contribution in [0.3, 0.4) is 0 Å². The van der Waals surface area contributed by atoms with Gasteiger partial charge in [0.15, 0.2) is 0 Å². The normalized spacial score (nSPS) is 18.7. The number of aryl methyl sites for hydroxylation is 2. The van der Waals surface area contributed by atoms with E-state index in [1.807, 2.05) is 11.7 Å². The van der Waals surface area contributed by atoms with Crippen molar-refractivity contribution in [3.63, 3.8) is 0 Å². The predicted molar refractivity (Wildman–Crippen MR) is 77.3 cm³/mol. The minimum absolute atomic E-state index is 0.432. The molecule has 1 atom stereocenters. The van der Waals surface area contributed by atoms with Gasteiger partial charge in [-0.05, 0) is 45.6 Å². The van der Waals surface area contributed by atoms with Crippen molar-refractivity contribution in [3.05, 3.63) is 17.0 Å². The van der Waals surface area contributed by atoms with Crippen LogP contribution in [0.15, 0.2) is 0 Å². The maximum Gasteiger partial charge on any atom is 0.0644 e. The Labute approximate surface area is 116 Å². The highest BCUT2D eigenvalue weighted by Gasteiger charge is 2.24. The van der Waals surface area contributed by atoms with Gasteiger partial charge in [-0.1, -0.05) is 6.92 Å². The maximum absolute atomic E-state index is 5.46. The standard InChI is InChI=1S/C15H27N3O/c1-5-16-14(10-13-6-8-19-9-7-13)15-11(2)17-18(4)12(15)3/h13-14,16H,5-10H2,1-4H3. The molecule has 1 aliphatic rings. The molecule has 1 aromatic heterocycles. The second-order valence-electron chi connectivity index (χ2n) is 5.61. The molecule has 4 nitrogen and oxygen atoms in total. The van der Waals surface area contributed by atoms with Crippen LogP contribution in [0.4, 0.5) is 0 Å². The van der Waals surface area contributed by atoms with Crippen LogP contribution in [0.25, 0.3) is 0 Å². The molecule has 0 saturated carbocycles. The average Bonchev–Trinajstić information content (AvgIpc) is 2.64. The molecule has 0 aromatic carbocycles. The molecule has 19 heavy (non-hydrogen) atoms. The van der Waals surface area contributed by atoms with Gasteiger partial charge in [-0.3, -0.25) is 4.68 Å². The lowest BCUT2D eigenvalue weighted by atomic mass is 9.88. The van der Waals surface area contributed by atoms with Crippen molar-refractivity contribution < 1.29 is 4.74 Å². The Kier molecular flexibility index (Phi) is 4.99. The summed E-state index contributed by atoms with van der Waals surface area (Å²) in [6.07, 6.45) is 3.59. The first-order valence-corrected chi connectivity index (χ1v) is 7.44. The third-order valence-corrected chi connectivity index (χ3v) is 4.27. The van der Waals surface area contributed by atoms with Gasteiger partial charge >= 0.3 is 0 Å². The van der Waals surface area contributed by atoms with Crippen molar-refractivity contribution in [2.75, 3.05) is 19.8 Å². The van der Waals surface area contributed by atoms with Crippen LogP contribution in [-0.2, 0) is 11.8 Å². The number of ether oxygens (including phenoxy) is 1. The summed E-state index contributed by atoms with van der Waals surface area (Å²) < 4.78 is 7.46. The van der Waals surface area contributed by atoms with Crippen LogP contribution in [0.5, 0.6) is 0 Å². The minimum atomic E-state index is 0.432. The van der Waals surface area contributed by atoms with Crippen molar-refractivity contribution in [1.82, 2.24) is 15.1 Å². The molecule has 1 N–H and O–H groups in total. The Balaban J connectivity index is 2.14. The number of nitrogens with zero attached hydrogens (tertiary/aromatic N) is 2. The van der Waals surface area contributed by atoms with E-state index in [1.165, 1.54) is 30.5 Å². The molecule has 2 rings (SSSR count). The van der Waals surface area contributed by atoms with Crippen molar-refractivity contribution in [1.29, 1.82) is 0 Å². The molecular formula is C15H27N3O. The largest absolute Gasteiger partial charge is 0.381 e. The van der Waals surface area contributed by atoms with Crippen LogP contribution in [0.2, 0.25) is 0 Å². The fourth-order valence-corrected chi connectivity index (χ4v) is 3.16. The number of hydrogen-bond acceptors (Lipinski definition) is 3.